The van der Waals surface area contributed by atoms with Gasteiger partial charge in [0.1, 0.15) is 0 Å². The van der Waals surface area contributed by atoms with E-state index in [1.165, 1.54) is 0 Å². The second kappa shape index (κ2) is 8.02. The summed E-state index contributed by atoms with van der Waals surface area (Å²) < 4.78 is 7.62. The molecule has 2 aromatic carbocycles. The van der Waals surface area contributed by atoms with E-state index in [4.69, 9.17) is 4.74 Å². The van der Waals surface area contributed by atoms with Crippen molar-refractivity contribution in [3.05, 3.63) is 63.2 Å². The van der Waals surface area contributed by atoms with Crippen molar-refractivity contribution in [2.75, 3.05) is 11.5 Å². The summed E-state index contributed by atoms with van der Waals surface area (Å²) in [7, 11) is -2.65. The molecule has 0 saturated carbocycles. The Morgan fingerprint density at radius 2 is 1.90 bits per heavy atom. The number of ether oxygens (including phenoxy) is 1. The molecule has 0 aromatic heterocycles. The second-order valence-electron chi connectivity index (χ2n) is 8.91. The molecule has 2 aliphatic rings. The lowest BCUT2D eigenvalue weighted by Crippen LogP contribution is -2.46. The maximum Gasteiger partial charge on any atom is 0.264 e. The van der Waals surface area contributed by atoms with Gasteiger partial charge in [-0.1, -0.05) is 37.3 Å². The van der Waals surface area contributed by atoms with Gasteiger partial charge in [0.05, 0.1) is 18.3 Å². The molecule has 0 bridgehead atoms. The maximum atomic E-state index is 14.0. The van der Waals surface area contributed by atoms with E-state index in [2.05, 4.69) is 22.6 Å². The zero-order valence-electron chi connectivity index (χ0n) is 17.5. The lowest BCUT2D eigenvalue weighted by atomic mass is 9.82. The number of aliphatic hydroxyl groups excluding tert-OH is 1. The highest BCUT2D eigenvalue weighted by atomic mass is 127. The predicted molar refractivity (Wildman–Crippen MR) is 128 cm³/mol. The minimum Gasteiger partial charge on any atom is -0.432 e. The van der Waals surface area contributed by atoms with Gasteiger partial charge in [0.2, 0.25) is 0 Å². The number of aliphatic hydroxyl groups is 1. The zero-order valence-corrected chi connectivity index (χ0v) is 20.7. The maximum absolute atomic E-state index is 14.0. The number of amides is 1. The van der Waals surface area contributed by atoms with Crippen LogP contribution in [0.5, 0.6) is 0 Å². The SMILES string of the molecule is C[C@H]1[C@H]([Si](C)(C)O)[C@@H](CCO)O[C@]12C(=O)N(Cc1ccccc1)c1ccc(I)cc12. The Balaban J connectivity index is 1.83. The lowest BCUT2D eigenvalue weighted by molar-refractivity contribution is -0.146. The van der Waals surface area contributed by atoms with Gasteiger partial charge in [-0.2, -0.15) is 0 Å². The van der Waals surface area contributed by atoms with Crippen molar-refractivity contribution < 1.29 is 19.4 Å². The number of benzene rings is 2. The van der Waals surface area contributed by atoms with Crippen molar-refractivity contribution in [1.82, 2.24) is 0 Å². The fourth-order valence-corrected chi connectivity index (χ4v) is 8.46. The molecular weight excluding hydrogens is 509 g/mol. The molecule has 1 fully saturated rings. The molecule has 0 aliphatic carbocycles. The molecule has 2 aromatic rings. The molecule has 1 saturated heterocycles. The fraction of sp³-hybridized carbons (Fsp3) is 0.435. The molecule has 1 spiro atoms. The number of fused-ring (bicyclic) bond motifs is 2. The Morgan fingerprint density at radius 3 is 2.53 bits per heavy atom. The van der Waals surface area contributed by atoms with Crippen LogP contribution in [0.25, 0.3) is 0 Å². The molecule has 7 heteroatoms. The van der Waals surface area contributed by atoms with Crippen LogP contribution in [-0.4, -0.2) is 36.8 Å². The summed E-state index contributed by atoms with van der Waals surface area (Å²) in [5.74, 6) is -0.259. The Bertz CT molecular complexity index is 948. The average molecular weight is 537 g/mol. The van der Waals surface area contributed by atoms with Crippen molar-refractivity contribution in [3.63, 3.8) is 0 Å². The average Bonchev–Trinajstić information content (AvgIpc) is 3.10. The number of halogens is 1. The molecule has 1 amide bonds. The summed E-state index contributed by atoms with van der Waals surface area (Å²) >= 11 is 2.27. The largest absolute Gasteiger partial charge is 0.432 e. The van der Waals surface area contributed by atoms with Crippen LogP contribution in [0.3, 0.4) is 0 Å². The molecule has 2 aliphatic heterocycles. The third-order valence-electron chi connectivity index (χ3n) is 6.54. The number of nitrogens with zero attached hydrogens (tertiary/aromatic N) is 1. The summed E-state index contributed by atoms with van der Waals surface area (Å²) in [6.45, 7) is 6.27. The van der Waals surface area contributed by atoms with Crippen LogP contribution >= 0.6 is 22.6 Å². The van der Waals surface area contributed by atoms with E-state index >= 15 is 0 Å². The van der Waals surface area contributed by atoms with Crippen molar-refractivity contribution in [2.24, 2.45) is 5.92 Å². The number of carbonyl (C=O) groups excluding carboxylic acids is 1. The van der Waals surface area contributed by atoms with E-state index in [9.17, 15) is 14.7 Å². The topological polar surface area (TPSA) is 70.0 Å². The normalized spacial score (nSPS) is 28.4. The van der Waals surface area contributed by atoms with Gasteiger partial charge in [-0.3, -0.25) is 4.79 Å². The quantitative estimate of drug-likeness (QED) is 0.447. The summed E-state index contributed by atoms with van der Waals surface area (Å²) in [6, 6.07) is 16.0. The van der Waals surface area contributed by atoms with Crippen molar-refractivity contribution in [2.45, 2.75) is 50.2 Å². The van der Waals surface area contributed by atoms with E-state index < -0.39 is 13.9 Å². The van der Waals surface area contributed by atoms with E-state index in [0.29, 0.717) is 13.0 Å². The smallest absolute Gasteiger partial charge is 0.264 e. The molecular formula is C23H28INO4Si. The molecule has 0 unspecified atom stereocenters. The first kappa shape index (κ1) is 21.9. The summed E-state index contributed by atoms with van der Waals surface area (Å²) in [5, 5.41) is 9.64. The Morgan fingerprint density at radius 1 is 1.20 bits per heavy atom. The highest BCUT2D eigenvalue weighted by molar-refractivity contribution is 14.1. The van der Waals surface area contributed by atoms with Gasteiger partial charge in [-0.25, -0.2) is 0 Å². The third kappa shape index (κ3) is 3.44. The van der Waals surface area contributed by atoms with Crippen molar-refractivity contribution >= 4 is 42.5 Å². The van der Waals surface area contributed by atoms with Crippen molar-refractivity contribution in [3.8, 4) is 0 Å². The van der Waals surface area contributed by atoms with Crippen molar-refractivity contribution in [1.29, 1.82) is 0 Å². The number of anilines is 1. The Labute approximate surface area is 192 Å². The Hall–Kier alpha value is -1.26. The van der Waals surface area contributed by atoms with E-state index in [1.807, 2.05) is 73.4 Å². The first-order chi connectivity index (χ1) is 14.2. The zero-order chi connectivity index (χ0) is 21.7. The third-order valence-corrected chi connectivity index (χ3v) is 9.72. The molecule has 30 heavy (non-hydrogen) atoms. The monoisotopic (exact) mass is 537 g/mol. The van der Waals surface area contributed by atoms with Gasteiger partial charge in [0.15, 0.2) is 13.9 Å². The molecule has 5 nitrogen and oxygen atoms in total. The number of hydrogen-bond acceptors (Lipinski definition) is 4. The predicted octanol–water partition coefficient (Wildman–Crippen LogP) is 4.02. The molecule has 0 radical (unpaired) electrons. The molecule has 4 rings (SSSR count). The van der Waals surface area contributed by atoms with Gasteiger partial charge < -0.3 is 19.5 Å². The highest BCUT2D eigenvalue weighted by Gasteiger charge is 2.66. The van der Waals surface area contributed by atoms with Crippen LogP contribution in [-0.2, 0) is 21.7 Å². The fourth-order valence-electron chi connectivity index (χ4n) is 5.37. The lowest BCUT2D eigenvalue weighted by Gasteiger charge is -2.32. The minimum absolute atomic E-state index is 0.0322. The van der Waals surface area contributed by atoms with E-state index in [-0.39, 0.29) is 30.1 Å². The molecule has 2 heterocycles. The number of hydrogen-bond donors (Lipinski definition) is 2. The highest BCUT2D eigenvalue weighted by Crippen LogP contribution is 2.59. The van der Waals surface area contributed by atoms with Gasteiger partial charge in [-0.05, 0) is 65.9 Å². The van der Waals surface area contributed by atoms with Gasteiger partial charge in [0.25, 0.3) is 5.91 Å². The molecule has 2 N–H and O–H groups in total. The van der Waals surface area contributed by atoms with E-state index in [0.717, 1.165) is 20.4 Å². The summed E-state index contributed by atoms with van der Waals surface area (Å²) in [6.07, 6.45) is 0.0712. The van der Waals surface area contributed by atoms with Crippen LogP contribution < -0.4 is 4.90 Å². The summed E-state index contributed by atoms with van der Waals surface area (Å²) in [5.41, 5.74) is 1.54. The minimum atomic E-state index is -2.65. The van der Waals surface area contributed by atoms with Crippen LogP contribution in [0.1, 0.15) is 24.5 Å². The van der Waals surface area contributed by atoms with Crippen LogP contribution in [0.4, 0.5) is 5.69 Å². The Kier molecular flexibility index (Phi) is 5.86. The van der Waals surface area contributed by atoms with Crippen LogP contribution in [0, 0.1) is 9.49 Å². The van der Waals surface area contributed by atoms with Crippen LogP contribution in [0.15, 0.2) is 48.5 Å². The first-order valence-corrected chi connectivity index (χ1v) is 14.5. The van der Waals surface area contributed by atoms with Gasteiger partial charge in [-0.15, -0.1) is 0 Å². The van der Waals surface area contributed by atoms with Gasteiger partial charge >= 0.3 is 0 Å². The van der Waals surface area contributed by atoms with Crippen LogP contribution in [0.2, 0.25) is 18.6 Å². The summed E-state index contributed by atoms with van der Waals surface area (Å²) in [4.78, 5) is 26.9. The number of carbonyl (C=O) groups is 1. The first-order valence-electron chi connectivity index (χ1n) is 10.4. The second-order valence-corrected chi connectivity index (χ2v) is 14.1. The van der Waals surface area contributed by atoms with E-state index in [1.54, 1.807) is 0 Å². The molecule has 160 valence electrons. The standard InChI is InChI=1S/C23H28INO4Si/c1-15-21(30(2,3)28)20(11-12-26)29-23(15)18-13-17(24)9-10-19(18)25(22(23)27)14-16-7-5-4-6-8-16/h4-10,13,15,20-21,26,28H,11-12,14H2,1-3H3/t15-,20+,21-,23+/m0/s1. The molecule has 4 atom stereocenters. The van der Waals surface area contributed by atoms with Gasteiger partial charge in [0, 0.05) is 27.2 Å². The number of rotatable bonds is 5.